The topological polar surface area (TPSA) is 26.3 Å². The lowest BCUT2D eigenvalue weighted by molar-refractivity contribution is -0.137. The second kappa shape index (κ2) is 6.86. The zero-order valence-corrected chi connectivity index (χ0v) is 9.26. The molecule has 0 unspecified atom stereocenters. The maximum absolute atomic E-state index is 10.8. The van der Waals surface area contributed by atoms with Gasteiger partial charge in [0.1, 0.15) is 0 Å². The van der Waals surface area contributed by atoms with Gasteiger partial charge in [-0.2, -0.15) is 0 Å². The van der Waals surface area contributed by atoms with Gasteiger partial charge in [-0.15, -0.1) is 0 Å². The summed E-state index contributed by atoms with van der Waals surface area (Å²) in [7, 11) is 0. The van der Waals surface area contributed by atoms with Crippen LogP contribution in [0.3, 0.4) is 0 Å². The second-order valence-corrected chi connectivity index (χ2v) is 4.31. The zero-order valence-electron chi connectivity index (χ0n) is 9.26. The van der Waals surface area contributed by atoms with Crippen molar-refractivity contribution in [2.24, 2.45) is 5.92 Å². The molecule has 2 heteroatoms. The first-order chi connectivity index (χ1) is 6.83. The van der Waals surface area contributed by atoms with Crippen LogP contribution in [0.25, 0.3) is 0 Å². The van der Waals surface area contributed by atoms with E-state index in [0.29, 0.717) is 18.9 Å². The third-order valence-corrected chi connectivity index (χ3v) is 2.90. The van der Waals surface area contributed by atoms with Gasteiger partial charge in [-0.3, -0.25) is 4.79 Å². The van der Waals surface area contributed by atoms with Gasteiger partial charge in [0, 0.05) is 5.92 Å². The highest BCUT2D eigenvalue weighted by Gasteiger charge is 2.22. The third-order valence-electron chi connectivity index (χ3n) is 2.90. The normalized spacial score (nSPS) is 21.2. The van der Waals surface area contributed by atoms with Crippen LogP contribution >= 0.6 is 0 Å². The molecule has 1 fully saturated rings. The first kappa shape index (κ1) is 11.5. The summed E-state index contributed by atoms with van der Waals surface area (Å²) in [5, 5.41) is 0. The number of cyclic esters (lactones) is 1. The molecule has 1 rings (SSSR count). The molecule has 0 spiro atoms. The Kier molecular flexibility index (Phi) is 5.65. The molecule has 1 aliphatic heterocycles. The van der Waals surface area contributed by atoms with Crippen molar-refractivity contribution in [1.82, 2.24) is 0 Å². The van der Waals surface area contributed by atoms with E-state index in [0.717, 1.165) is 0 Å². The summed E-state index contributed by atoms with van der Waals surface area (Å²) >= 11 is 0. The van der Waals surface area contributed by atoms with Crippen molar-refractivity contribution >= 4 is 5.97 Å². The predicted octanol–water partition coefficient (Wildman–Crippen LogP) is 3.30. The van der Waals surface area contributed by atoms with Gasteiger partial charge in [0.2, 0.25) is 0 Å². The lowest BCUT2D eigenvalue weighted by atomic mass is 9.99. The van der Waals surface area contributed by atoms with E-state index in [2.05, 4.69) is 6.92 Å². The van der Waals surface area contributed by atoms with Gasteiger partial charge in [-0.1, -0.05) is 45.4 Å². The van der Waals surface area contributed by atoms with Crippen LogP contribution in [0, 0.1) is 5.92 Å². The molecule has 1 atom stereocenters. The molecule has 1 heterocycles. The number of hydrogen-bond donors (Lipinski definition) is 0. The Morgan fingerprint density at radius 1 is 1.21 bits per heavy atom. The molecule has 0 aliphatic carbocycles. The van der Waals surface area contributed by atoms with E-state index in [1.807, 2.05) is 0 Å². The maximum Gasteiger partial charge on any atom is 0.306 e. The van der Waals surface area contributed by atoms with Gasteiger partial charge in [0.15, 0.2) is 0 Å². The monoisotopic (exact) mass is 198 g/mol. The zero-order chi connectivity index (χ0) is 10.2. The first-order valence-electron chi connectivity index (χ1n) is 5.98. The predicted molar refractivity (Wildman–Crippen MR) is 57.1 cm³/mol. The van der Waals surface area contributed by atoms with Crippen LogP contribution in [-0.2, 0) is 9.53 Å². The van der Waals surface area contributed by atoms with Crippen LogP contribution in [0.5, 0.6) is 0 Å². The smallest absolute Gasteiger partial charge is 0.306 e. The summed E-state index contributed by atoms with van der Waals surface area (Å²) in [4.78, 5) is 10.8. The summed E-state index contributed by atoms with van der Waals surface area (Å²) in [6, 6.07) is 0. The van der Waals surface area contributed by atoms with Gasteiger partial charge in [-0.05, 0) is 6.42 Å². The van der Waals surface area contributed by atoms with Gasteiger partial charge in [-0.25, -0.2) is 0 Å². The fourth-order valence-electron chi connectivity index (χ4n) is 1.96. The molecule has 0 radical (unpaired) electrons. The molecule has 0 N–H and O–H groups in total. The highest BCUT2D eigenvalue weighted by Crippen LogP contribution is 2.20. The SMILES string of the molecule is CCCCCCCC[C@@H]1COC(=O)C1. The van der Waals surface area contributed by atoms with Crippen LogP contribution in [-0.4, -0.2) is 12.6 Å². The number of carbonyl (C=O) groups is 1. The van der Waals surface area contributed by atoms with E-state index in [4.69, 9.17) is 4.74 Å². The molecule has 0 aromatic rings. The van der Waals surface area contributed by atoms with Crippen molar-refractivity contribution in [3.8, 4) is 0 Å². The van der Waals surface area contributed by atoms with E-state index < -0.39 is 0 Å². The molecule has 0 saturated carbocycles. The molecular weight excluding hydrogens is 176 g/mol. The molecule has 2 nitrogen and oxygen atoms in total. The Morgan fingerprint density at radius 3 is 2.57 bits per heavy atom. The number of unbranched alkanes of at least 4 members (excludes halogenated alkanes) is 5. The lowest BCUT2D eigenvalue weighted by Gasteiger charge is -2.04. The minimum absolute atomic E-state index is 0.000910. The third kappa shape index (κ3) is 4.64. The largest absolute Gasteiger partial charge is 0.465 e. The molecule has 14 heavy (non-hydrogen) atoms. The average molecular weight is 198 g/mol. The Bertz CT molecular complexity index is 166. The van der Waals surface area contributed by atoms with Gasteiger partial charge >= 0.3 is 5.97 Å². The highest BCUT2D eigenvalue weighted by molar-refractivity contribution is 5.71. The number of esters is 1. The standard InChI is InChI=1S/C12H22O2/c1-2-3-4-5-6-7-8-11-9-12(13)14-10-11/h11H,2-10H2,1H3/t11-/m0/s1. The van der Waals surface area contributed by atoms with Crippen LogP contribution in [0.2, 0.25) is 0 Å². The van der Waals surface area contributed by atoms with Gasteiger partial charge in [0.25, 0.3) is 0 Å². The van der Waals surface area contributed by atoms with Crippen molar-refractivity contribution < 1.29 is 9.53 Å². The number of hydrogen-bond acceptors (Lipinski definition) is 2. The van der Waals surface area contributed by atoms with E-state index in [-0.39, 0.29) is 5.97 Å². The van der Waals surface area contributed by atoms with Gasteiger partial charge in [0.05, 0.1) is 13.0 Å². The van der Waals surface area contributed by atoms with Crippen molar-refractivity contribution in [3.63, 3.8) is 0 Å². The van der Waals surface area contributed by atoms with E-state index in [1.165, 1.54) is 44.9 Å². The molecular formula is C12H22O2. The summed E-state index contributed by atoms with van der Waals surface area (Å²) in [5.41, 5.74) is 0. The molecule has 0 amide bonds. The van der Waals surface area contributed by atoms with Crippen molar-refractivity contribution in [2.45, 2.75) is 58.3 Å². The van der Waals surface area contributed by atoms with Gasteiger partial charge < -0.3 is 4.74 Å². The molecule has 0 aromatic heterocycles. The van der Waals surface area contributed by atoms with Crippen LogP contribution in [0.1, 0.15) is 58.3 Å². The van der Waals surface area contributed by atoms with Crippen molar-refractivity contribution in [1.29, 1.82) is 0 Å². The molecule has 1 saturated heterocycles. The number of rotatable bonds is 7. The Morgan fingerprint density at radius 2 is 1.93 bits per heavy atom. The minimum Gasteiger partial charge on any atom is -0.465 e. The lowest BCUT2D eigenvalue weighted by Crippen LogP contribution is -1.98. The minimum atomic E-state index is 0.000910. The van der Waals surface area contributed by atoms with Crippen molar-refractivity contribution in [2.75, 3.05) is 6.61 Å². The quantitative estimate of drug-likeness (QED) is 0.463. The van der Waals surface area contributed by atoms with Crippen LogP contribution in [0.15, 0.2) is 0 Å². The Balaban J connectivity index is 1.86. The van der Waals surface area contributed by atoms with E-state index in [9.17, 15) is 4.79 Å². The first-order valence-corrected chi connectivity index (χ1v) is 5.98. The second-order valence-electron chi connectivity index (χ2n) is 4.31. The van der Waals surface area contributed by atoms with Crippen LogP contribution < -0.4 is 0 Å². The highest BCUT2D eigenvalue weighted by atomic mass is 16.5. The summed E-state index contributed by atoms with van der Waals surface area (Å²) < 4.78 is 4.92. The average Bonchev–Trinajstić information content (AvgIpc) is 2.58. The Hall–Kier alpha value is -0.530. The fourth-order valence-corrected chi connectivity index (χ4v) is 1.96. The number of carbonyl (C=O) groups excluding carboxylic acids is 1. The summed E-state index contributed by atoms with van der Waals surface area (Å²) in [6.45, 7) is 2.91. The van der Waals surface area contributed by atoms with E-state index in [1.54, 1.807) is 0 Å². The molecule has 0 aromatic carbocycles. The van der Waals surface area contributed by atoms with E-state index >= 15 is 0 Å². The molecule has 0 bridgehead atoms. The molecule has 82 valence electrons. The number of ether oxygens (including phenoxy) is 1. The summed E-state index contributed by atoms with van der Waals surface area (Å²) in [5.74, 6) is 0.523. The summed E-state index contributed by atoms with van der Waals surface area (Å²) in [6.07, 6.45) is 9.84. The fraction of sp³-hybridized carbons (Fsp3) is 0.917. The van der Waals surface area contributed by atoms with Crippen molar-refractivity contribution in [3.05, 3.63) is 0 Å². The Labute approximate surface area is 87.0 Å². The van der Waals surface area contributed by atoms with Crippen LogP contribution in [0.4, 0.5) is 0 Å². The maximum atomic E-state index is 10.8. The molecule has 1 aliphatic rings.